The maximum atomic E-state index is 12.9. The van der Waals surface area contributed by atoms with Crippen molar-refractivity contribution in [2.75, 3.05) is 0 Å². The summed E-state index contributed by atoms with van der Waals surface area (Å²) in [4.78, 5) is 3.63. The highest BCUT2D eigenvalue weighted by Gasteiger charge is 2.32. The molecule has 2 heterocycles. The Hall–Kier alpha value is -4.11. The number of benzene rings is 3. The van der Waals surface area contributed by atoms with Crippen molar-refractivity contribution in [3.63, 3.8) is 0 Å². The number of hydrogen-bond acceptors (Lipinski definition) is 2. The molecule has 0 atom stereocenters. The topological polar surface area (TPSA) is 41.6 Å². The molecule has 0 bridgehead atoms. The molecule has 0 aliphatic rings. The number of halogens is 3. The molecule has 150 valence electrons. The van der Waals surface area contributed by atoms with Crippen molar-refractivity contribution in [1.82, 2.24) is 9.55 Å². The van der Waals surface area contributed by atoms with Crippen molar-refractivity contribution in [3.05, 3.63) is 96.3 Å². The zero-order valence-corrected chi connectivity index (χ0v) is 16.1. The SMILES string of the molecule is N#Cc1ccc(-n2c3ccccc3c3c(-c4ccc(C(F)(F)F)nc4)cccc32)cc1. The first-order chi connectivity index (χ1) is 15.0. The van der Waals surface area contributed by atoms with Crippen LogP contribution in [0.25, 0.3) is 38.6 Å². The van der Waals surface area contributed by atoms with Gasteiger partial charge in [0, 0.05) is 28.2 Å². The highest BCUT2D eigenvalue weighted by molar-refractivity contribution is 6.15. The Bertz CT molecular complexity index is 1460. The van der Waals surface area contributed by atoms with Gasteiger partial charge in [-0.15, -0.1) is 0 Å². The van der Waals surface area contributed by atoms with Gasteiger partial charge in [0.2, 0.25) is 0 Å². The zero-order valence-electron chi connectivity index (χ0n) is 16.1. The van der Waals surface area contributed by atoms with Gasteiger partial charge in [-0.05, 0) is 48.0 Å². The highest BCUT2D eigenvalue weighted by atomic mass is 19.4. The summed E-state index contributed by atoms with van der Waals surface area (Å²) in [5, 5.41) is 11.0. The lowest BCUT2D eigenvalue weighted by Gasteiger charge is -2.10. The molecule has 0 spiro atoms. The molecule has 5 rings (SSSR count). The maximum Gasteiger partial charge on any atom is 0.433 e. The second-order valence-corrected chi connectivity index (χ2v) is 7.14. The number of nitrogens with zero attached hydrogens (tertiary/aromatic N) is 3. The van der Waals surface area contributed by atoms with Gasteiger partial charge in [0.25, 0.3) is 0 Å². The minimum atomic E-state index is -4.48. The van der Waals surface area contributed by atoms with Crippen LogP contribution in [0.3, 0.4) is 0 Å². The van der Waals surface area contributed by atoms with Crippen LogP contribution in [0.1, 0.15) is 11.3 Å². The van der Waals surface area contributed by atoms with E-state index in [4.69, 9.17) is 5.26 Å². The number of aromatic nitrogens is 2. The van der Waals surface area contributed by atoms with Gasteiger partial charge in [-0.25, -0.2) is 0 Å². The van der Waals surface area contributed by atoms with Crippen LogP contribution in [0.5, 0.6) is 0 Å². The van der Waals surface area contributed by atoms with E-state index in [-0.39, 0.29) is 0 Å². The molecule has 31 heavy (non-hydrogen) atoms. The number of rotatable bonds is 2. The van der Waals surface area contributed by atoms with Crippen LogP contribution < -0.4 is 0 Å². The average molecular weight is 413 g/mol. The summed E-state index contributed by atoms with van der Waals surface area (Å²) in [5.74, 6) is 0. The van der Waals surface area contributed by atoms with Crippen LogP contribution in [0.2, 0.25) is 0 Å². The number of hydrogen-bond donors (Lipinski definition) is 0. The molecular weight excluding hydrogens is 399 g/mol. The second kappa shape index (κ2) is 6.99. The first-order valence-electron chi connectivity index (χ1n) is 9.54. The minimum absolute atomic E-state index is 0.570. The molecule has 0 saturated carbocycles. The van der Waals surface area contributed by atoms with Gasteiger partial charge in [-0.3, -0.25) is 4.98 Å². The van der Waals surface area contributed by atoms with Crippen molar-refractivity contribution in [3.8, 4) is 22.9 Å². The summed E-state index contributed by atoms with van der Waals surface area (Å²) in [7, 11) is 0. The number of fused-ring (bicyclic) bond motifs is 3. The summed E-state index contributed by atoms with van der Waals surface area (Å²) >= 11 is 0. The van der Waals surface area contributed by atoms with E-state index in [1.54, 1.807) is 12.1 Å². The molecule has 0 radical (unpaired) electrons. The average Bonchev–Trinajstić information content (AvgIpc) is 3.13. The van der Waals surface area contributed by atoms with Gasteiger partial charge >= 0.3 is 6.18 Å². The third-order valence-corrected chi connectivity index (χ3v) is 5.32. The lowest BCUT2D eigenvalue weighted by Crippen LogP contribution is -2.07. The molecule has 3 nitrogen and oxygen atoms in total. The van der Waals surface area contributed by atoms with Gasteiger partial charge in [-0.2, -0.15) is 18.4 Å². The monoisotopic (exact) mass is 413 g/mol. The fraction of sp³-hybridized carbons (Fsp3) is 0.0400. The summed E-state index contributed by atoms with van der Waals surface area (Å²) in [6.07, 6.45) is -3.21. The Kier molecular flexibility index (Phi) is 4.26. The second-order valence-electron chi connectivity index (χ2n) is 7.14. The Labute approximate surface area is 175 Å². The van der Waals surface area contributed by atoms with Gasteiger partial charge in [0.15, 0.2) is 0 Å². The van der Waals surface area contributed by atoms with Crippen LogP contribution in [0, 0.1) is 11.3 Å². The van der Waals surface area contributed by atoms with E-state index in [2.05, 4.69) is 15.6 Å². The molecule has 3 aromatic carbocycles. The maximum absolute atomic E-state index is 12.9. The molecule has 0 amide bonds. The molecule has 0 fully saturated rings. The largest absolute Gasteiger partial charge is 0.433 e. The Morgan fingerprint density at radius 3 is 2.23 bits per heavy atom. The summed E-state index contributed by atoms with van der Waals surface area (Å²) in [5.41, 5.74) is 3.86. The fourth-order valence-electron chi connectivity index (χ4n) is 3.94. The number of pyridine rings is 1. The predicted molar refractivity (Wildman–Crippen MR) is 114 cm³/mol. The number of alkyl halides is 3. The van der Waals surface area contributed by atoms with Crippen molar-refractivity contribution >= 4 is 21.8 Å². The third-order valence-electron chi connectivity index (χ3n) is 5.32. The van der Waals surface area contributed by atoms with E-state index in [1.807, 2.05) is 54.6 Å². The van der Waals surface area contributed by atoms with E-state index in [9.17, 15) is 13.2 Å². The molecule has 0 aliphatic carbocycles. The zero-order chi connectivity index (χ0) is 21.6. The summed E-state index contributed by atoms with van der Waals surface area (Å²) in [6, 6.07) is 25.5. The van der Waals surface area contributed by atoms with Gasteiger partial charge in [0.05, 0.1) is 22.7 Å². The lowest BCUT2D eigenvalue weighted by molar-refractivity contribution is -0.141. The van der Waals surface area contributed by atoms with Crippen molar-refractivity contribution in [2.24, 2.45) is 0 Å². The standard InChI is InChI=1S/C25H14F3N3/c26-25(27,28)23-13-10-17(15-30-23)19-5-3-7-22-24(19)20-4-1-2-6-21(20)31(22)18-11-8-16(14-29)9-12-18/h1-13,15H. The van der Waals surface area contributed by atoms with Crippen LogP contribution in [0.15, 0.2) is 85.1 Å². The molecule has 0 aliphatic heterocycles. The van der Waals surface area contributed by atoms with Gasteiger partial charge in [0.1, 0.15) is 5.69 Å². The normalized spacial score (nSPS) is 11.7. The quantitative estimate of drug-likeness (QED) is 0.322. The molecule has 0 saturated heterocycles. The van der Waals surface area contributed by atoms with Crippen LogP contribution in [-0.2, 0) is 6.18 Å². The highest BCUT2D eigenvalue weighted by Crippen LogP contribution is 2.38. The van der Waals surface area contributed by atoms with Crippen molar-refractivity contribution in [2.45, 2.75) is 6.18 Å². The summed E-state index contributed by atoms with van der Waals surface area (Å²) in [6.45, 7) is 0. The van der Waals surface area contributed by atoms with E-state index in [0.717, 1.165) is 39.1 Å². The van der Waals surface area contributed by atoms with Crippen LogP contribution in [0.4, 0.5) is 13.2 Å². The lowest BCUT2D eigenvalue weighted by atomic mass is 10.0. The van der Waals surface area contributed by atoms with E-state index < -0.39 is 11.9 Å². The predicted octanol–water partition coefficient (Wildman–Crippen LogP) is 6.74. The molecule has 0 N–H and O–H groups in total. The number of para-hydroxylation sites is 1. The first-order valence-corrected chi connectivity index (χ1v) is 9.54. The smallest absolute Gasteiger partial charge is 0.309 e. The molecule has 0 unspecified atom stereocenters. The molecular formula is C25H14F3N3. The van der Waals surface area contributed by atoms with Crippen molar-refractivity contribution in [1.29, 1.82) is 5.26 Å². The Morgan fingerprint density at radius 2 is 1.55 bits per heavy atom. The van der Waals surface area contributed by atoms with Crippen molar-refractivity contribution < 1.29 is 13.2 Å². The van der Waals surface area contributed by atoms with E-state index in [1.165, 1.54) is 12.3 Å². The Morgan fingerprint density at radius 1 is 0.806 bits per heavy atom. The van der Waals surface area contributed by atoms with Gasteiger partial charge in [-0.1, -0.05) is 36.4 Å². The van der Waals surface area contributed by atoms with E-state index in [0.29, 0.717) is 11.1 Å². The molecule has 5 aromatic rings. The van der Waals surface area contributed by atoms with Crippen LogP contribution in [-0.4, -0.2) is 9.55 Å². The number of nitriles is 1. The van der Waals surface area contributed by atoms with E-state index >= 15 is 0 Å². The molecule has 6 heteroatoms. The van der Waals surface area contributed by atoms with Gasteiger partial charge < -0.3 is 4.57 Å². The third kappa shape index (κ3) is 3.11. The molecule has 2 aromatic heterocycles. The fourth-order valence-corrected chi connectivity index (χ4v) is 3.94. The Balaban J connectivity index is 1.79. The van der Waals surface area contributed by atoms with Crippen LogP contribution >= 0.6 is 0 Å². The first kappa shape index (κ1) is 18.9. The summed E-state index contributed by atoms with van der Waals surface area (Å²) < 4.78 is 40.9. The minimum Gasteiger partial charge on any atom is -0.309 e.